The van der Waals surface area contributed by atoms with Gasteiger partial charge >= 0.3 is 0 Å². The van der Waals surface area contributed by atoms with E-state index in [1.165, 1.54) is 81.9 Å². The number of hydrogen-bond donors (Lipinski definition) is 1. The molecule has 0 aliphatic carbocycles. The van der Waals surface area contributed by atoms with Gasteiger partial charge in [-0.25, -0.2) is 0 Å². The van der Waals surface area contributed by atoms with Crippen LogP contribution in [0.1, 0.15) is 113 Å². The maximum absolute atomic E-state index is 3.79. The van der Waals surface area contributed by atoms with Crippen LogP contribution < -0.4 is 5.32 Å². The number of nitrogens with zero attached hydrogens (tertiary/aromatic N) is 1. The second-order valence-electron chi connectivity index (χ2n) is 11.8. The minimum atomic E-state index is 0.637. The van der Waals surface area contributed by atoms with Crippen molar-refractivity contribution in [3.05, 3.63) is 0 Å². The van der Waals surface area contributed by atoms with Crippen molar-refractivity contribution < 1.29 is 4.48 Å². The second-order valence-corrected chi connectivity index (χ2v) is 11.8. The smallest absolute Gasteiger partial charge is 0.0894 e. The van der Waals surface area contributed by atoms with Crippen LogP contribution in [0.25, 0.3) is 0 Å². The molecule has 2 rings (SSSR count). The van der Waals surface area contributed by atoms with Crippen molar-refractivity contribution in [1.82, 2.24) is 5.32 Å². The third-order valence-electron chi connectivity index (χ3n) is 10.1. The molecule has 2 aliphatic heterocycles. The highest BCUT2D eigenvalue weighted by atomic mass is 15.4. The van der Waals surface area contributed by atoms with E-state index in [1.54, 1.807) is 0 Å². The first-order valence-electron chi connectivity index (χ1n) is 13.8. The fourth-order valence-corrected chi connectivity index (χ4v) is 7.14. The first-order valence-corrected chi connectivity index (χ1v) is 13.8. The molecule has 1 N–H and O–H groups in total. The van der Waals surface area contributed by atoms with Crippen molar-refractivity contribution in [2.45, 2.75) is 131 Å². The first-order chi connectivity index (χ1) is 14.2. The summed E-state index contributed by atoms with van der Waals surface area (Å²) in [5, 5.41) is 3.79. The van der Waals surface area contributed by atoms with Crippen LogP contribution in [0, 0.1) is 29.6 Å². The van der Waals surface area contributed by atoms with E-state index >= 15 is 0 Å². The molecule has 0 amide bonds. The van der Waals surface area contributed by atoms with Crippen LogP contribution in [0.15, 0.2) is 0 Å². The van der Waals surface area contributed by atoms with E-state index in [1.807, 2.05) is 0 Å². The molecule has 2 heteroatoms. The summed E-state index contributed by atoms with van der Waals surface area (Å²) in [5.74, 6) is 4.19. The third-order valence-corrected chi connectivity index (χ3v) is 10.1. The molecule has 1 spiro atoms. The molecule has 0 aromatic heterocycles. The third kappa shape index (κ3) is 6.25. The summed E-state index contributed by atoms with van der Waals surface area (Å²) in [7, 11) is 0. The van der Waals surface area contributed by atoms with Crippen molar-refractivity contribution in [2.24, 2.45) is 29.6 Å². The summed E-state index contributed by atoms with van der Waals surface area (Å²) < 4.78 is 1.44. The molecule has 2 saturated heterocycles. The van der Waals surface area contributed by atoms with E-state index in [9.17, 15) is 0 Å². The quantitative estimate of drug-likeness (QED) is 0.305. The Morgan fingerprint density at radius 1 is 0.933 bits per heavy atom. The number of nitrogens with one attached hydrogen (secondary N) is 1. The summed E-state index contributed by atoms with van der Waals surface area (Å²) in [6, 6.07) is 2.32. The van der Waals surface area contributed by atoms with Gasteiger partial charge in [0.25, 0.3) is 0 Å². The van der Waals surface area contributed by atoms with Gasteiger partial charge < -0.3 is 9.80 Å². The molecular formula is C28H57N2+. The van der Waals surface area contributed by atoms with Crippen LogP contribution in [0.2, 0.25) is 0 Å². The molecule has 8 atom stereocenters. The zero-order chi connectivity index (χ0) is 22.3. The van der Waals surface area contributed by atoms with Crippen LogP contribution in [0.4, 0.5) is 0 Å². The maximum atomic E-state index is 3.79. The Balaban J connectivity index is 2.06. The minimum absolute atomic E-state index is 0.637. The Kier molecular flexibility index (Phi) is 10.7. The molecule has 2 heterocycles. The highest BCUT2D eigenvalue weighted by Gasteiger charge is 2.48. The van der Waals surface area contributed by atoms with Gasteiger partial charge in [0.1, 0.15) is 0 Å². The Morgan fingerprint density at radius 2 is 1.57 bits per heavy atom. The lowest BCUT2D eigenvalue weighted by Gasteiger charge is -2.49. The van der Waals surface area contributed by atoms with Crippen LogP contribution in [0.3, 0.4) is 0 Å². The Labute approximate surface area is 190 Å². The summed E-state index contributed by atoms with van der Waals surface area (Å²) in [6.45, 7) is 24.2. The average molecular weight is 422 g/mol. The van der Waals surface area contributed by atoms with Crippen molar-refractivity contribution >= 4 is 0 Å². The van der Waals surface area contributed by atoms with Gasteiger partial charge in [0.2, 0.25) is 0 Å². The van der Waals surface area contributed by atoms with E-state index in [2.05, 4.69) is 60.7 Å². The topological polar surface area (TPSA) is 12.0 Å². The van der Waals surface area contributed by atoms with E-state index in [0.717, 1.165) is 41.7 Å². The van der Waals surface area contributed by atoms with E-state index in [-0.39, 0.29) is 0 Å². The number of hydrogen-bond acceptors (Lipinski definition) is 1. The Hall–Kier alpha value is -0.0800. The zero-order valence-corrected chi connectivity index (χ0v) is 22.1. The van der Waals surface area contributed by atoms with Crippen LogP contribution in [-0.4, -0.2) is 42.2 Å². The van der Waals surface area contributed by atoms with Crippen LogP contribution in [-0.2, 0) is 0 Å². The predicted octanol–water partition coefficient (Wildman–Crippen LogP) is 7.28. The number of unbranched alkanes of at least 4 members (excludes halogenated alkanes) is 1. The van der Waals surface area contributed by atoms with Crippen molar-refractivity contribution in [3.8, 4) is 0 Å². The van der Waals surface area contributed by atoms with Gasteiger partial charge in [0, 0.05) is 18.4 Å². The fourth-order valence-electron chi connectivity index (χ4n) is 7.14. The van der Waals surface area contributed by atoms with E-state index in [4.69, 9.17) is 0 Å². The SMILES string of the molecule is CCCCNC(C)C(C)C(C)CCC1C(C)C(C)CC(C)[N+]2(CCCCCC2)C1C. The molecule has 0 bridgehead atoms. The fraction of sp³-hybridized carbons (Fsp3) is 1.00. The summed E-state index contributed by atoms with van der Waals surface area (Å²) in [6.07, 6.45) is 12.7. The summed E-state index contributed by atoms with van der Waals surface area (Å²) >= 11 is 0. The predicted molar refractivity (Wildman–Crippen MR) is 134 cm³/mol. The monoisotopic (exact) mass is 421 g/mol. The van der Waals surface area contributed by atoms with Crippen molar-refractivity contribution in [3.63, 3.8) is 0 Å². The summed E-state index contributed by atoms with van der Waals surface area (Å²) in [4.78, 5) is 0. The van der Waals surface area contributed by atoms with Gasteiger partial charge in [-0.3, -0.25) is 0 Å². The highest BCUT2D eigenvalue weighted by Crippen LogP contribution is 2.43. The lowest BCUT2D eigenvalue weighted by atomic mass is 9.75. The molecule has 178 valence electrons. The first kappa shape index (κ1) is 26.2. The molecule has 0 radical (unpaired) electrons. The lowest BCUT2D eigenvalue weighted by Crippen LogP contribution is -2.61. The normalized spacial score (nSPS) is 35.4. The average Bonchev–Trinajstić information content (AvgIpc) is 3.02. The Morgan fingerprint density at radius 3 is 2.17 bits per heavy atom. The molecule has 2 fully saturated rings. The molecule has 2 aliphatic rings. The van der Waals surface area contributed by atoms with Crippen LogP contribution >= 0.6 is 0 Å². The summed E-state index contributed by atoms with van der Waals surface area (Å²) in [5.41, 5.74) is 0. The molecule has 0 saturated carbocycles. The van der Waals surface area contributed by atoms with Gasteiger partial charge in [0.05, 0.1) is 25.2 Å². The van der Waals surface area contributed by atoms with E-state index < -0.39 is 0 Å². The minimum Gasteiger partial charge on any atom is -0.319 e. The van der Waals surface area contributed by atoms with Crippen LogP contribution in [0.5, 0.6) is 0 Å². The highest BCUT2D eigenvalue weighted by molar-refractivity contribution is 4.85. The number of rotatable bonds is 9. The lowest BCUT2D eigenvalue weighted by molar-refractivity contribution is -0.972. The standard InChI is InChI=1S/C28H57N2/c1-9-10-17-29-26(7)24(5)21(2)15-16-28-25(6)22(3)20-23(4)30(27(28)8)18-13-11-12-14-19-30/h21-29H,9-20H2,1-8H3/q+1. The maximum Gasteiger partial charge on any atom is 0.0894 e. The molecule has 2 nitrogen and oxygen atoms in total. The second kappa shape index (κ2) is 12.2. The van der Waals surface area contributed by atoms with Crippen molar-refractivity contribution in [2.75, 3.05) is 19.6 Å². The van der Waals surface area contributed by atoms with Gasteiger partial charge in [0.15, 0.2) is 0 Å². The molecule has 8 unspecified atom stereocenters. The zero-order valence-electron chi connectivity index (χ0n) is 22.1. The van der Waals surface area contributed by atoms with Gasteiger partial charge in [-0.05, 0) is 95.9 Å². The van der Waals surface area contributed by atoms with E-state index in [0.29, 0.717) is 6.04 Å². The van der Waals surface area contributed by atoms with Gasteiger partial charge in [-0.1, -0.05) is 41.0 Å². The van der Waals surface area contributed by atoms with Gasteiger partial charge in [-0.2, -0.15) is 0 Å². The largest absolute Gasteiger partial charge is 0.319 e. The molecular weight excluding hydrogens is 364 g/mol. The molecule has 30 heavy (non-hydrogen) atoms. The Bertz CT molecular complexity index is 467. The molecule has 0 aromatic carbocycles. The number of quaternary nitrogens is 1. The van der Waals surface area contributed by atoms with Crippen molar-refractivity contribution in [1.29, 1.82) is 0 Å². The molecule has 0 aromatic rings. The van der Waals surface area contributed by atoms with Gasteiger partial charge in [-0.15, -0.1) is 0 Å².